The lowest BCUT2D eigenvalue weighted by Gasteiger charge is -2.29. The van der Waals surface area contributed by atoms with Crippen molar-refractivity contribution in [2.24, 2.45) is 0 Å². The number of fused-ring (bicyclic) bond motifs is 1. The van der Waals surface area contributed by atoms with Crippen molar-refractivity contribution < 1.29 is 14.3 Å². The van der Waals surface area contributed by atoms with Crippen LogP contribution in [0.4, 0.5) is 16.2 Å². The normalized spacial score (nSPS) is 17.3. The van der Waals surface area contributed by atoms with E-state index in [2.05, 4.69) is 10.6 Å². The minimum Gasteiger partial charge on any atom is -0.381 e. The highest BCUT2D eigenvalue weighted by Gasteiger charge is 2.24. The lowest BCUT2D eigenvalue weighted by atomic mass is 10.0. The molecular formula is C20H23N3O3S. The predicted molar refractivity (Wildman–Crippen MR) is 107 cm³/mol. The first-order valence-corrected chi connectivity index (χ1v) is 10.2. The van der Waals surface area contributed by atoms with Crippen LogP contribution < -0.4 is 15.5 Å². The van der Waals surface area contributed by atoms with Crippen molar-refractivity contribution in [1.29, 1.82) is 0 Å². The van der Waals surface area contributed by atoms with Crippen molar-refractivity contribution in [1.82, 2.24) is 5.32 Å². The Morgan fingerprint density at radius 3 is 2.81 bits per heavy atom. The van der Waals surface area contributed by atoms with Crippen LogP contribution in [-0.4, -0.2) is 37.7 Å². The number of thiophene rings is 1. The summed E-state index contributed by atoms with van der Waals surface area (Å²) in [7, 11) is 0. The largest absolute Gasteiger partial charge is 0.381 e. The quantitative estimate of drug-likeness (QED) is 0.847. The van der Waals surface area contributed by atoms with E-state index in [4.69, 9.17) is 4.74 Å². The van der Waals surface area contributed by atoms with Crippen LogP contribution in [0.25, 0.3) is 0 Å². The molecule has 1 aromatic carbocycles. The smallest absolute Gasteiger partial charge is 0.319 e. The number of urea groups is 1. The number of ether oxygens (including phenoxy) is 1. The summed E-state index contributed by atoms with van der Waals surface area (Å²) >= 11 is 1.46. The molecule has 0 atom stereocenters. The van der Waals surface area contributed by atoms with Gasteiger partial charge in [0.25, 0.3) is 5.91 Å². The lowest BCUT2D eigenvalue weighted by molar-refractivity contribution is 0.0806. The molecule has 1 saturated heterocycles. The SMILES string of the molecule is O=C(Nc1ccc2c(c1)CCCN2C(=O)c1cccs1)NC1CCOCC1. The van der Waals surface area contributed by atoms with Crippen LogP contribution in [-0.2, 0) is 11.2 Å². The average Bonchev–Trinajstić information content (AvgIpc) is 3.22. The topological polar surface area (TPSA) is 70.7 Å². The molecule has 2 aliphatic rings. The molecule has 2 N–H and O–H groups in total. The van der Waals surface area contributed by atoms with Crippen molar-refractivity contribution in [2.45, 2.75) is 31.7 Å². The summed E-state index contributed by atoms with van der Waals surface area (Å²) in [5.74, 6) is 0.0453. The first-order chi connectivity index (χ1) is 13.2. The number of benzene rings is 1. The zero-order chi connectivity index (χ0) is 18.6. The van der Waals surface area contributed by atoms with Gasteiger partial charge in [-0.2, -0.15) is 0 Å². The maximum Gasteiger partial charge on any atom is 0.319 e. The Morgan fingerprint density at radius 2 is 2.04 bits per heavy atom. The number of anilines is 2. The number of carbonyl (C=O) groups is 2. The first kappa shape index (κ1) is 18.0. The van der Waals surface area contributed by atoms with E-state index in [0.29, 0.717) is 13.2 Å². The Morgan fingerprint density at radius 1 is 1.19 bits per heavy atom. The van der Waals surface area contributed by atoms with Crippen LogP contribution in [0.1, 0.15) is 34.5 Å². The molecule has 27 heavy (non-hydrogen) atoms. The first-order valence-electron chi connectivity index (χ1n) is 9.34. The van der Waals surface area contributed by atoms with Gasteiger partial charge in [-0.25, -0.2) is 4.79 Å². The Labute approximate surface area is 162 Å². The second kappa shape index (κ2) is 8.10. The monoisotopic (exact) mass is 385 g/mol. The molecule has 0 saturated carbocycles. The fourth-order valence-electron chi connectivity index (χ4n) is 3.61. The van der Waals surface area contributed by atoms with E-state index in [1.807, 2.05) is 40.6 Å². The van der Waals surface area contributed by atoms with Gasteiger partial charge in [0, 0.05) is 37.2 Å². The maximum atomic E-state index is 12.8. The van der Waals surface area contributed by atoms with Crippen molar-refractivity contribution >= 4 is 34.6 Å². The number of carbonyl (C=O) groups excluding carboxylic acids is 2. The number of nitrogens with zero attached hydrogens (tertiary/aromatic N) is 1. The second-order valence-electron chi connectivity index (χ2n) is 6.87. The van der Waals surface area contributed by atoms with Gasteiger partial charge in [-0.05, 0) is 60.9 Å². The van der Waals surface area contributed by atoms with E-state index in [1.54, 1.807) is 0 Å². The van der Waals surface area contributed by atoms with Gasteiger partial charge < -0.3 is 20.3 Å². The zero-order valence-corrected chi connectivity index (χ0v) is 15.9. The van der Waals surface area contributed by atoms with Crippen molar-refractivity contribution in [3.05, 3.63) is 46.2 Å². The molecule has 7 heteroatoms. The van der Waals surface area contributed by atoms with Gasteiger partial charge >= 0.3 is 6.03 Å². The summed E-state index contributed by atoms with van der Waals surface area (Å²) < 4.78 is 5.31. The van der Waals surface area contributed by atoms with Crippen LogP contribution in [0, 0.1) is 0 Å². The standard InChI is InChI=1S/C20H23N3O3S/c24-19(18-4-2-12-27-18)23-9-1-3-14-13-16(5-6-17(14)23)22-20(25)21-15-7-10-26-11-8-15/h2,4-6,12-13,15H,1,3,7-11H2,(H2,21,22,25). The number of hydrogen-bond donors (Lipinski definition) is 2. The molecule has 0 radical (unpaired) electrons. The Balaban J connectivity index is 1.45. The van der Waals surface area contributed by atoms with Gasteiger partial charge in [-0.3, -0.25) is 4.79 Å². The highest BCUT2D eigenvalue weighted by molar-refractivity contribution is 7.12. The van der Waals surface area contributed by atoms with Crippen LogP contribution >= 0.6 is 11.3 Å². The van der Waals surface area contributed by atoms with Crippen LogP contribution in [0.5, 0.6) is 0 Å². The van der Waals surface area contributed by atoms with Gasteiger partial charge in [0.05, 0.1) is 4.88 Å². The van der Waals surface area contributed by atoms with E-state index >= 15 is 0 Å². The highest BCUT2D eigenvalue weighted by Crippen LogP contribution is 2.31. The van der Waals surface area contributed by atoms with E-state index in [0.717, 1.165) is 54.0 Å². The van der Waals surface area contributed by atoms with Crippen molar-refractivity contribution in [3.63, 3.8) is 0 Å². The minimum atomic E-state index is -0.191. The van der Waals surface area contributed by atoms with Crippen LogP contribution in [0.3, 0.4) is 0 Å². The number of amides is 3. The molecule has 142 valence electrons. The van der Waals surface area contributed by atoms with E-state index < -0.39 is 0 Å². The molecule has 1 fully saturated rings. The summed E-state index contributed by atoms with van der Waals surface area (Å²) in [6.45, 7) is 2.11. The fraction of sp³-hybridized carbons (Fsp3) is 0.400. The summed E-state index contributed by atoms with van der Waals surface area (Å²) in [5, 5.41) is 7.84. The number of nitrogens with one attached hydrogen (secondary N) is 2. The molecule has 6 nitrogen and oxygen atoms in total. The lowest BCUT2D eigenvalue weighted by Crippen LogP contribution is -2.41. The molecule has 0 aliphatic carbocycles. The summed E-state index contributed by atoms with van der Waals surface area (Å²) in [6, 6.07) is 9.50. The number of hydrogen-bond acceptors (Lipinski definition) is 4. The second-order valence-corrected chi connectivity index (χ2v) is 7.81. The molecule has 1 aromatic heterocycles. The number of aryl methyl sites for hydroxylation is 1. The molecule has 0 unspecified atom stereocenters. The summed E-state index contributed by atoms with van der Waals surface area (Å²) in [5.41, 5.74) is 2.79. The third kappa shape index (κ3) is 4.14. The third-order valence-corrected chi connectivity index (χ3v) is 5.85. The molecule has 0 bridgehead atoms. The Bertz CT molecular complexity index is 816. The molecule has 0 spiro atoms. The van der Waals surface area contributed by atoms with Gasteiger partial charge in [0.1, 0.15) is 0 Å². The fourth-order valence-corrected chi connectivity index (χ4v) is 4.29. The van der Waals surface area contributed by atoms with Gasteiger partial charge in [0.2, 0.25) is 0 Å². The Kier molecular flexibility index (Phi) is 5.40. The summed E-state index contributed by atoms with van der Waals surface area (Å²) in [4.78, 5) is 27.6. The molecular weight excluding hydrogens is 362 g/mol. The average molecular weight is 385 g/mol. The van der Waals surface area contributed by atoms with Crippen LogP contribution in [0.15, 0.2) is 35.7 Å². The summed E-state index contributed by atoms with van der Waals surface area (Å²) in [6.07, 6.45) is 3.51. The molecule has 2 aromatic rings. The third-order valence-electron chi connectivity index (χ3n) is 4.99. The van der Waals surface area contributed by atoms with Crippen molar-refractivity contribution in [2.75, 3.05) is 30.0 Å². The predicted octanol–water partition coefficient (Wildman–Crippen LogP) is 3.64. The maximum absolute atomic E-state index is 12.8. The molecule has 4 rings (SSSR count). The molecule has 2 aliphatic heterocycles. The van der Waals surface area contributed by atoms with Gasteiger partial charge in [-0.1, -0.05) is 6.07 Å². The highest BCUT2D eigenvalue weighted by atomic mass is 32.1. The zero-order valence-electron chi connectivity index (χ0n) is 15.1. The molecule has 3 amide bonds. The van der Waals surface area contributed by atoms with Crippen molar-refractivity contribution in [3.8, 4) is 0 Å². The van der Waals surface area contributed by atoms with Crippen LogP contribution in [0.2, 0.25) is 0 Å². The Hall–Kier alpha value is -2.38. The molecule has 3 heterocycles. The van der Waals surface area contributed by atoms with Gasteiger partial charge in [0.15, 0.2) is 0 Å². The minimum absolute atomic E-state index is 0.0453. The number of rotatable bonds is 3. The van der Waals surface area contributed by atoms with E-state index in [9.17, 15) is 9.59 Å². The van der Waals surface area contributed by atoms with E-state index in [-0.39, 0.29) is 18.0 Å². The van der Waals surface area contributed by atoms with E-state index in [1.165, 1.54) is 11.3 Å². The van der Waals surface area contributed by atoms with Gasteiger partial charge in [-0.15, -0.1) is 11.3 Å².